The Bertz CT molecular complexity index is 1180. The summed E-state index contributed by atoms with van der Waals surface area (Å²) in [7, 11) is 0. The lowest BCUT2D eigenvalue weighted by Crippen LogP contribution is -2.07. The topological polar surface area (TPSA) is 72.3 Å². The first-order valence-corrected chi connectivity index (χ1v) is 10.5. The molecule has 0 aliphatic carbocycles. The van der Waals surface area contributed by atoms with E-state index in [1.165, 1.54) is 29.0 Å². The van der Waals surface area contributed by atoms with E-state index >= 15 is 0 Å². The molecule has 0 amide bonds. The Morgan fingerprint density at radius 3 is 2.69 bits per heavy atom. The summed E-state index contributed by atoms with van der Waals surface area (Å²) in [5.41, 5.74) is 3.64. The van der Waals surface area contributed by atoms with Gasteiger partial charge in [0, 0.05) is 17.4 Å². The van der Waals surface area contributed by atoms with Crippen molar-refractivity contribution in [1.82, 2.24) is 19.6 Å². The first kappa shape index (κ1) is 19.3. The van der Waals surface area contributed by atoms with Crippen LogP contribution in [0.5, 0.6) is 5.75 Å². The van der Waals surface area contributed by atoms with E-state index in [9.17, 15) is 4.79 Å². The van der Waals surface area contributed by atoms with Crippen molar-refractivity contribution >= 4 is 17.4 Å². The van der Waals surface area contributed by atoms with Gasteiger partial charge in [-0.05, 0) is 25.0 Å². The molecule has 148 valence electrons. The van der Waals surface area contributed by atoms with Crippen molar-refractivity contribution in [3.8, 4) is 17.1 Å². The normalized spacial score (nSPS) is 11.1. The van der Waals surface area contributed by atoms with E-state index in [0.29, 0.717) is 29.0 Å². The van der Waals surface area contributed by atoms with Gasteiger partial charge >= 0.3 is 0 Å². The highest BCUT2D eigenvalue weighted by atomic mass is 32.2. The van der Waals surface area contributed by atoms with E-state index in [-0.39, 0.29) is 5.56 Å². The highest BCUT2D eigenvalue weighted by molar-refractivity contribution is 7.99. The van der Waals surface area contributed by atoms with Gasteiger partial charge in [0.15, 0.2) is 16.6 Å². The second-order valence-corrected chi connectivity index (χ2v) is 7.73. The van der Waals surface area contributed by atoms with Gasteiger partial charge in [-0.25, -0.2) is 14.5 Å². The molecule has 2 aromatic heterocycles. The van der Waals surface area contributed by atoms with Crippen LogP contribution in [-0.2, 0) is 6.42 Å². The lowest BCUT2D eigenvalue weighted by atomic mass is 10.1. The lowest BCUT2D eigenvalue weighted by Gasteiger charge is -2.11. The number of para-hydroxylation sites is 1. The van der Waals surface area contributed by atoms with Crippen molar-refractivity contribution in [3.05, 3.63) is 76.1 Å². The zero-order chi connectivity index (χ0) is 20.2. The minimum Gasteiger partial charge on any atom is -0.492 e. The molecule has 0 spiro atoms. The number of hydrogen-bond acceptors (Lipinski definition) is 5. The SMILES string of the molecule is CCc1ccccc1OCCSc1nc(-c2ccc(C)cc2)nc2cc(=O)[nH]n12. The minimum atomic E-state index is -0.199. The van der Waals surface area contributed by atoms with Gasteiger partial charge in [-0.15, -0.1) is 0 Å². The average molecular weight is 407 g/mol. The van der Waals surface area contributed by atoms with Crippen LogP contribution in [0.4, 0.5) is 0 Å². The Morgan fingerprint density at radius 2 is 1.90 bits per heavy atom. The lowest BCUT2D eigenvalue weighted by molar-refractivity contribution is 0.340. The molecule has 29 heavy (non-hydrogen) atoms. The van der Waals surface area contributed by atoms with Crippen LogP contribution in [0.25, 0.3) is 17.0 Å². The van der Waals surface area contributed by atoms with Crippen molar-refractivity contribution in [1.29, 1.82) is 0 Å². The highest BCUT2D eigenvalue weighted by Crippen LogP contribution is 2.23. The first-order valence-electron chi connectivity index (χ1n) is 9.54. The van der Waals surface area contributed by atoms with E-state index in [4.69, 9.17) is 4.74 Å². The Morgan fingerprint density at radius 1 is 1.10 bits per heavy atom. The minimum absolute atomic E-state index is 0.199. The van der Waals surface area contributed by atoms with Crippen LogP contribution in [0.1, 0.15) is 18.1 Å². The molecule has 1 N–H and O–H groups in total. The van der Waals surface area contributed by atoms with Gasteiger partial charge < -0.3 is 4.74 Å². The number of H-pyrrole nitrogens is 1. The fraction of sp³-hybridized carbons (Fsp3) is 0.227. The summed E-state index contributed by atoms with van der Waals surface area (Å²) in [5, 5.41) is 3.45. The molecule has 2 heterocycles. The third-order valence-electron chi connectivity index (χ3n) is 4.56. The zero-order valence-corrected chi connectivity index (χ0v) is 17.2. The summed E-state index contributed by atoms with van der Waals surface area (Å²) in [6.07, 6.45) is 0.931. The van der Waals surface area contributed by atoms with Gasteiger partial charge in [-0.3, -0.25) is 9.89 Å². The summed E-state index contributed by atoms with van der Waals surface area (Å²) in [5.74, 6) is 2.21. The molecule has 0 bridgehead atoms. The number of nitrogens with zero attached hydrogens (tertiary/aromatic N) is 3. The third-order valence-corrected chi connectivity index (χ3v) is 5.46. The van der Waals surface area contributed by atoms with Gasteiger partial charge in [-0.2, -0.15) is 0 Å². The quantitative estimate of drug-likeness (QED) is 0.369. The molecule has 0 saturated carbocycles. The molecular formula is C22H22N4O2S. The van der Waals surface area contributed by atoms with Crippen molar-refractivity contribution in [3.63, 3.8) is 0 Å². The Hall–Kier alpha value is -3.06. The molecule has 0 aliphatic rings. The molecular weight excluding hydrogens is 384 g/mol. The standard InChI is InChI=1S/C22H22N4O2S/c1-3-16-6-4-5-7-18(16)28-12-13-29-22-24-21(17-10-8-15(2)9-11-17)23-19-14-20(27)25-26(19)22/h4-11,14H,3,12-13H2,1-2H3,(H,25,27). The molecule has 0 unspecified atom stereocenters. The van der Waals surface area contributed by atoms with Gasteiger partial charge in [0.1, 0.15) is 5.75 Å². The highest BCUT2D eigenvalue weighted by Gasteiger charge is 2.12. The monoisotopic (exact) mass is 406 g/mol. The summed E-state index contributed by atoms with van der Waals surface area (Å²) < 4.78 is 7.58. The predicted octanol–water partition coefficient (Wildman–Crippen LogP) is 4.13. The Kier molecular flexibility index (Phi) is 5.67. The number of rotatable bonds is 7. The van der Waals surface area contributed by atoms with E-state index in [1.807, 2.05) is 49.4 Å². The number of nitrogens with one attached hydrogen (secondary N) is 1. The molecule has 0 aliphatic heterocycles. The van der Waals surface area contributed by atoms with Gasteiger partial charge in [-0.1, -0.05) is 66.7 Å². The fourth-order valence-corrected chi connectivity index (χ4v) is 3.80. The summed E-state index contributed by atoms with van der Waals surface area (Å²) in [4.78, 5) is 21.1. The van der Waals surface area contributed by atoms with E-state index in [1.54, 1.807) is 4.52 Å². The molecule has 4 aromatic rings. The third kappa shape index (κ3) is 4.35. The average Bonchev–Trinajstić information content (AvgIpc) is 3.12. The first-order chi connectivity index (χ1) is 14.1. The molecule has 6 nitrogen and oxygen atoms in total. The smallest absolute Gasteiger partial charge is 0.266 e. The van der Waals surface area contributed by atoms with Crippen molar-refractivity contribution in [2.24, 2.45) is 0 Å². The van der Waals surface area contributed by atoms with Crippen molar-refractivity contribution in [2.75, 3.05) is 12.4 Å². The van der Waals surface area contributed by atoms with Gasteiger partial charge in [0.05, 0.1) is 6.61 Å². The van der Waals surface area contributed by atoms with Gasteiger partial charge in [0.2, 0.25) is 0 Å². The van der Waals surface area contributed by atoms with Crippen LogP contribution in [0.2, 0.25) is 0 Å². The summed E-state index contributed by atoms with van der Waals surface area (Å²) >= 11 is 1.52. The maximum atomic E-state index is 11.8. The van der Waals surface area contributed by atoms with Crippen molar-refractivity contribution in [2.45, 2.75) is 25.4 Å². The molecule has 2 aromatic carbocycles. The second-order valence-electron chi connectivity index (χ2n) is 6.67. The number of aryl methyl sites for hydroxylation is 2. The predicted molar refractivity (Wildman–Crippen MR) is 116 cm³/mol. The number of benzene rings is 2. The molecule has 0 atom stereocenters. The number of fused-ring (bicyclic) bond motifs is 1. The summed E-state index contributed by atoms with van der Waals surface area (Å²) in [6.45, 7) is 4.69. The molecule has 7 heteroatoms. The van der Waals surface area contributed by atoms with Crippen LogP contribution in [-0.4, -0.2) is 31.9 Å². The Labute approximate surface area is 173 Å². The second kappa shape index (κ2) is 8.53. The van der Waals surface area contributed by atoms with Gasteiger partial charge in [0.25, 0.3) is 5.56 Å². The van der Waals surface area contributed by atoms with E-state index in [0.717, 1.165) is 17.7 Å². The number of aromatic nitrogens is 4. The fourth-order valence-electron chi connectivity index (χ4n) is 3.03. The molecule has 0 saturated heterocycles. The van der Waals surface area contributed by atoms with Crippen LogP contribution in [0, 0.1) is 6.92 Å². The van der Waals surface area contributed by atoms with Crippen LogP contribution < -0.4 is 10.3 Å². The molecule has 0 radical (unpaired) electrons. The van der Waals surface area contributed by atoms with Crippen molar-refractivity contribution < 1.29 is 4.74 Å². The Balaban J connectivity index is 1.54. The number of thioether (sulfide) groups is 1. The largest absolute Gasteiger partial charge is 0.492 e. The number of aromatic amines is 1. The maximum absolute atomic E-state index is 11.8. The van der Waals surface area contributed by atoms with E-state index < -0.39 is 0 Å². The summed E-state index contributed by atoms with van der Waals surface area (Å²) in [6, 6.07) is 17.6. The molecule has 4 rings (SSSR count). The molecule has 0 fully saturated rings. The van der Waals surface area contributed by atoms with Crippen LogP contribution in [0.15, 0.2) is 64.5 Å². The zero-order valence-electron chi connectivity index (χ0n) is 16.4. The number of hydrogen-bond donors (Lipinski definition) is 1. The number of ether oxygens (including phenoxy) is 1. The van der Waals surface area contributed by atoms with Crippen LogP contribution in [0.3, 0.4) is 0 Å². The maximum Gasteiger partial charge on any atom is 0.266 e. The van der Waals surface area contributed by atoms with Crippen LogP contribution >= 0.6 is 11.8 Å². The van der Waals surface area contributed by atoms with E-state index in [2.05, 4.69) is 28.1 Å².